The lowest BCUT2D eigenvalue weighted by atomic mass is 9.57. The molecule has 1 fully saturated rings. The first-order valence-corrected chi connectivity index (χ1v) is 15.4. The van der Waals surface area contributed by atoms with E-state index in [9.17, 15) is 39.2 Å². The summed E-state index contributed by atoms with van der Waals surface area (Å²) in [5.41, 5.74) is 5.04. The van der Waals surface area contributed by atoms with Crippen LogP contribution in [-0.2, 0) is 33.9 Å². The van der Waals surface area contributed by atoms with E-state index in [2.05, 4.69) is 5.32 Å². The van der Waals surface area contributed by atoms with Crippen LogP contribution in [0.1, 0.15) is 28.7 Å². The first-order chi connectivity index (χ1) is 22.8. The number of carbonyl (C=O) groups is 3. The Morgan fingerprint density at radius 2 is 1.75 bits per heavy atom. The van der Waals surface area contributed by atoms with Gasteiger partial charge in [-0.1, -0.05) is 24.3 Å². The molecule has 12 heteroatoms. The number of nitrogens with two attached hydrogens (primary N) is 1. The Bertz CT molecular complexity index is 1940. The van der Waals surface area contributed by atoms with E-state index < -0.39 is 58.0 Å². The Morgan fingerprint density at radius 3 is 2.40 bits per heavy atom. The van der Waals surface area contributed by atoms with E-state index in [0.29, 0.717) is 35.5 Å². The lowest BCUT2D eigenvalue weighted by Gasteiger charge is -2.50. The van der Waals surface area contributed by atoms with Gasteiger partial charge in [0.25, 0.3) is 5.91 Å². The molecule has 250 valence electrons. The van der Waals surface area contributed by atoms with Crippen LogP contribution in [0.2, 0.25) is 0 Å². The molecule has 3 aliphatic carbocycles. The second kappa shape index (κ2) is 12.2. The van der Waals surface area contributed by atoms with E-state index >= 15 is 0 Å². The fourth-order valence-corrected chi connectivity index (χ4v) is 7.57. The number of ether oxygens (including phenoxy) is 1. The summed E-state index contributed by atoms with van der Waals surface area (Å²) in [6, 6.07) is 13.8. The van der Waals surface area contributed by atoms with Crippen molar-refractivity contribution >= 4 is 23.2 Å². The van der Waals surface area contributed by atoms with Gasteiger partial charge in [-0.3, -0.25) is 19.3 Å². The van der Waals surface area contributed by atoms with Crippen molar-refractivity contribution in [3.05, 3.63) is 99.6 Å². The Morgan fingerprint density at radius 1 is 1.04 bits per heavy atom. The minimum atomic E-state index is -2.71. The number of aliphatic hydroxyl groups excluding tert-OH is 2. The third kappa shape index (κ3) is 5.13. The number of phenolic OH excluding ortho intramolecular Hbond substituents is 1. The largest absolute Gasteiger partial charge is 0.508 e. The average molecular weight is 658 g/mol. The number of likely N-dealkylation sites (N-methyl/N-ethyl adjacent to an activating group) is 1. The molecule has 3 aliphatic rings. The third-order valence-electron chi connectivity index (χ3n) is 9.71. The first-order valence-electron chi connectivity index (χ1n) is 15.4. The molecule has 0 aromatic heterocycles. The zero-order valence-corrected chi connectivity index (χ0v) is 26.6. The number of carbonyl (C=O) groups excluding carboxylic acids is 3. The van der Waals surface area contributed by atoms with Crippen LogP contribution in [-0.4, -0.2) is 75.6 Å². The minimum Gasteiger partial charge on any atom is -0.508 e. The van der Waals surface area contributed by atoms with Crippen LogP contribution in [0.5, 0.6) is 11.5 Å². The first kappa shape index (κ1) is 32.9. The van der Waals surface area contributed by atoms with Gasteiger partial charge in [0, 0.05) is 30.1 Å². The molecule has 48 heavy (non-hydrogen) atoms. The Balaban J connectivity index is 1.43. The molecule has 3 aromatic rings. The second-order valence-corrected chi connectivity index (χ2v) is 12.7. The summed E-state index contributed by atoms with van der Waals surface area (Å²) in [5, 5.41) is 48.9. The number of benzene rings is 3. The Kier molecular flexibility index (Phi) is 8.36. The number of phenols is 1. The predicted molar refractivity (Wildman–Crippen MR) is 173 cm³/mol. The number of nitrogens with zero attached hydrogens (tertiary/aromatic N) is 1. The molecule has 0 saturated heterocycles. The summed E-state index contributed by atoms with van der Waals surface area (Å²) in [6.45, 7) is 0.866. The Hall–Kier alpha value is -5.04. The number of nitrogens with one attached hydrogen (secondary N) is 1. The van der Waals surface area contributed by atoms with E-state index in [-0.39, 0.29) is 35.5 Å². The van der Waals surface area contributed by atoms with E-state index in [1.165, 1.54) is 30.2 Å². The maximum atomic E-state index is 14.1. The number of ketones is 2. The van der Waals surface area contributed by atoms with Crippen molar-refractivity contribution in [3.8, 4) is 22.6 Å². The van der Waals surface area contributed by atoms with Gasteiger partial charge in [-0.05, 0) is 85.4 Å². The molecule has 0 bridgehead atoms. The zero-order valence-electron chi connectivity index (χ0n) is 26.6. The van der Waals surface area contributed by atoms with Gasteiger partial charge < -0.3 is 36.2 Å². The number of halogens is 1. The summed E-state index contributed by atoms with van der Waals surface area (Å²) < 4.78 is 19.3. The molecular weight excluding hydrogens is 621 g/mol. The SMILES string of the molecule is COc1ccc(CNCc2cccc(F)c2)cc1-c1ccc(O)c2c1C[C@H]1C[C@H]3C(N(C)C)C(=O)C(C(N)=O)=C(O)[C@@]3(O)C(=O)C1=C2O. The number of rotatable bonds is 8. The van der Waals surface area contributed by atoms with E-state index in [1.54, 1.807) is 32.3 Å². The quantitative estimate of drug-likeness (QED) is 0.197. The van der Waals surface area contributed by atoms with E-state index in [0.717, 1.165) is 11.1 Å². The second-order valence-electron chi connectivity index (χ2n) is 12.7. The molecular formula is C36H36FN3O8. The number of fused-ring (bicyclic) bond motifs is 3. The number of hydrogen-bond donors (Lipinski definition) is 6. The van der Waals surface area contributed by atoms with Crippen LogP contribution in [0, 0.1) is 17.7 Å². The number of methoxy groups -OCH3 is 1. The van der Waals surface area contributed by atoms with E-state index in [1.807, 2.05) is 18.2 Å². The van der Waals surface area contributed by atoms with Crippen molar-refractivity contribution in [2.75, 3.05) is 21.2 Å². The number of primary amides is 1. The topological polar surface area (TPSA) is 183 Å². The fraction of sp³-hybridized carbons (Fsp3) is 0.306. The summed E-state index contributed by atoms with van der Waals surface area (Å²) in [7, 11) is 4.62. The smallest absolute Gasteiger partial charge is 0.255 e. The highest BCUT2D eigenvalue weighted by molar-refractivity contribution is 6.24. The van der Waals surface area contributed by atoms with Crippen molar-refractivity contribution < 1.29 is 43.9 Å². The van der Waals surface area contributed by atoms with Gasteiger partial charge in [-0.15, -0.1) is 0 Å². The average Bonchev–Trinajstić information content (AvgIpc) is 3.02. The van der Waals surface area contributed by atoms with E-state index in [4.69, 9.17) is 10.5 Å². The molecule has 1 saturated carbocycles. The molecule has 0 spiro atoms. The van der Waals surface area contributed by atoms with Gasteiger partial charge in [-0.25, -0.2) is 4.39 Å². The highest BCUT2D eigenvalue weighted by atomic mass is 19.1. The highest BCUT2D eigenvalue weighted by Gasteiger charge is 2.64. The van der Waals surface area contributed by atoms with Gasteiger partial charge in [0.05, 0.1) is 18.7 Å². The summed E-state index contributed by atoms with van der Waals surface area (Å²) in [4.78, 5) is 41.2. The fourth-order valence-electron chi connectivity index (χ4n) is 7.57. The van der Waals surface area contributed by atoms with Crippen LogP contribution >= 0.6 is 0 Å². The maximum absolute atomic E-state index is 14.1. The monoisotopic (exact) mass is 657 g/mol. The van der Waals surface area contributed by atoms with Crippen molar-refractivity contribution in [3.63, 3.8) is 0 Å². The van der Waals surface area contributed by atoms with Crippen molar-refractivity contribution in [2.24, 2.45) is 17.6 Å². The van der Waals surface area contributed by atoms with Crippen LogP contribution in [0.4, 0.5) is 4.39 Å². The molecule has 1 unspecified atom stereocenters. The van der Waals surface area contributed by atoms with Gasteiger partial charge in [0.1, 0.15) is 34.4 Å². The summed E-state index contributed by atoms with van der Waals surface area (Å²) >= 11 is 0. The van der Waals surface area contributed by atoms with Crippen molar-refractivity contribution in [2.45, 2.75) is 37.6 Å². The number of amides is 1. The highest BCUT2D eigenvalue weighted by Crippen LogP contribution is 2.54. The zero-order chi connectivity index (χ0) is 34.7. The molecule has 4 atom stereocenters. The van der Waals surface area contributed by atoms with Gasteiger partial charge in [0.15, 0.2) is 11.4 Å². The summed E-state index contributed by atoms with van der Waals surface area (Å²) in [5.74, 6) is -6.91. The molecule has 0 aliphatic heterocycles. The van der Waals surface area contributed by atoms with Crippen LogP contribution in [0.3, 0.4) is 0 Å². The van der Waals surface area contributed by atoms with Gasteiger partial charge in [0.2, 0.25) is 5.78 Å². The number of hydrogen-bond acceptors (Lipinski definition) is 10. The normalized spacial score (nSPS) is 23.6. The predicted octanol–water partition coefficient (Wildman–Crippen LogP) is 3.07. The van der Waals surface area contributed by atoms with Crippen molar-refractivity contribution in [1.29, 1.82) is 0 Å². The van der Waals surface area contributed by atoms with Crippen LogP contribution in [0.25, 0.3) is 16.9 Å². The molecule has 3 aromatic carbocycles. The lowest BCUT2D eigenvalue weighted by Crippen LogP contribution is -2.65. The standard InChI is InChI=1S/C36H36FN3O8/c1-40(2)30-24-14-19-13-23-21(22-12-18(7-10-26(22)48-3)16-39-15-17-5-4-6-20(37)11-17)8-9-25(41)28(23)31(42)27(19)33(44)36(24,47)34(45)29(32(30)43)35(38)46/h4-12,19,24,30,39,41-42,45,47H,13-16H2,1-3H3,(H2,38,46)/t19-,24-,30?,36-/m0/s1. The number of Topliss-reactive ketones (excluding diaryl/α,β-unsaturated/α-hetero) is 2. The number of aromatic hydroxyl groups is 1. The molecule has 0 heterocycles. The third-order valence-corrected chi connectivity index (χ3v) is 9.71. The summed E-state index contributed by atoms with van der Waals surface area (Å²) in [6.07, 6.45) is 0.103. The molecule has 6 rings (SSSR count). The van der Waals surface area contributed by atoms with Gasteiger partial charge in [-0.2, -0.15) is 0 Å². The maximum Gasteiger partial charge on any atom is 0.255 e. The molecule has 1 amide bonds. The minimum absolute atomic E-state index is 0.0134. The van der Waals surface area contributed by atoms with Gasteiger partial charge >= 0.3 is 0 Å². The molecule has 0 radical (unpaired) electrons. The molecule has 7 N–H and O–H groups in total. The lowest BCUT2D eigenvalue weighted by molar-refractivity contribution is -0.153. The number of aliphatic hydroxyl groups is 3. The van der Waals surface area contributed by atoms with Crippen LogP contribution < -0.4 is 15.8 Å². The van der Waals surface area contributed by atoms with Crippen molar-refractivity contribution in [1.82, 2.24) is 10.2 Å². The molecule has 11 nitrogen and oxygen atoms in total. The van der Waals surface area contributed by atoms with Crippen LogP contribution in [0.15, 0.2) is 71.5 Å². The Labute approximate surface area is 275 Å².